The number of hydrogen-bond acceptors (Lipinski definition) is 3. The lowest BCUT2D eigenvalue weighted by Crippen LogP contribution is -2.16. The zero-order chi connectivity index (χ0) is 23.5. The van der Waals surface area contributed by atoms with Crippen molar-refractivity contribution in [1.29, 1.82) is 0 Å². The van der Waals surface area contributed by atoms with Crippen molar-refractivity contribution in [1.82, 2.24) is 4.98 Å². The van der Waals surface area contributed by atoms with Crippen molar-refractivity contribution in [2.75, 3.05) is 0 Å². The number of hydrogen-bond donors (Lipinski definition) is 2. The Morgan fingerprint density at radius 1 is 1.12 bits per heavy atom. The van der Waals surface area contributed by atoms with Crippen LogP contribution < -0.4 is 0 Å². The number of halogens is 3. The molecule has 0 amide bonds. The summed E-state index contributed by atoms with van der Waals surface area (Å²) in [5.74, 6) is -1.15. The molecule has 3 rings (SSSR count). The van der Waals surface area contributed by atoms with Crippen molar-refractivity contribution in [2.24, 2.45) is 5.92 Å². The van der Waals surface area contributed by atoms with Crippen molar-refractivity contribution in [3.05, 3.63) is 99.5 Å². The van der Waals surface area contributed by atoms with Crippen molar-refractivity contribution in [3.63, 3.8) is 0 Å². The molecule has 1 heterocycles. The van der Waals surface area contributed by atoms with Crippen LogP contribution in [-0.4, -0.2) is 21.2 Å². The number of rotatable bonds is 8. The Balaban J connectivity index is 0.000000278. The van der Waals surface area contributed by atoms with Crippen LogP contribution in [0, 0.1) is 11.7 Å². The predicted molar refractivity (Wildman–Crippen MR) is 126 cm³/mol. The minimum Gasteiger partial charge on any atom is -0.478 e. The first kappa shape index (κ1) is 25.8. The summed E-state index contributed by atoms with van der Waals surface area (Å²) in [5, 5.41) is 19.7. The highest BCUT2D eigenvalue weighted by Gasteiger charge is 2.21. The molecule has 0 saturated heterocycles. The van der Waals surface area contributed by atoms with Crippen molar-refractivity contribution in [3.8, 4) is 0 Å². The summed E-state index contributed by atoms with van der Waals surface area (Å²) >= 11 is 11.1. The third kappa shape index (κ3) is 8.23. The summed E-state index contributed by atoms with van der Waals surface area (Å²) in [5.41, 5.74) is 1.97. The molecule has 0 aliphatic carbocycles. The molecule has 7 heteroatoms. The van der Waals surface area contributed by atoms with Gasteiger partial charge in [0.25, 0.3) is 0 Å². The van der Waals surface area contributed by atoms with Gasteiger partial charge in [0.15, 0.2) is 0 Å². The fourth-order valence-electron chi connectivity index (χ4n) is 3.25. The van der Waals surface area contributed by atoms with Crippen molar-refractivity contribution >= 4 is 29.2 Å². The molecule has 0 aliphatic rings. The summed E-state index contributed by atoms with van der Waals surface area (Å²) in [6.45, 7) is 2.14. The quantitative estimate of drug-likeness (QED) is 0.366. The third-order valence-electron chi connectivity index (χ3n) is 4.97. The second kappa shape index (κ2) is 13.2. The number of carbonyl (C=O) groups is 1. The highest BCUT2D eigenvalue weighted by atomic mass is 35.5. The molecule has 32 heavy (non-hydrogen) atoms. The fraction of sp³-hybridized carbons (Fsp3) is 0.280. The minimum atomic E-state index is -1.05. The highest BCUT2D eigenvalue weighted by molar-refractivity contribution is 6.36. The van der Waals surface area contributed by atoms with E-state index in [1.807, 2.05) is 12.1 Å². The standard InChI is InChI=1S/C18H22FNO.C7H4Cl2O2/c1-2-3-5-15(12-14-7-9-17(19)10-8-14)18(21)16-6-4-11-20-13-16;8-4-1-2-5(7(10)11)6(9)3-4/h4,6-11,13,15,18,21H,2-3,5,12H2,1H3;1-3H,(H,10,11). The first-order valence-corrected chi connectivity index (χ1v) is 11.1. The van der Waals surface area contributed by atoms with E-state index < -0.39 is 12.1 Å². The van der Waals surface area contributed by atoms with E-state index in [0.717, 1.165) is 36.8 Å². The van der Waals surface area contributed by atoms with E-state index in [1.165, 1.54) is 30.3 Å². The molecule has 3 aromatic rings. The SMILES string of the molecule is CCCCC(Cc1ccc(F)cc1)C(O)c1cccnc1.O=C(O)c1ccc(Cl)cc1Cl. The van der Waals surface area contributed by atoms with E-state index in [9.17, 15) is 14.3 Å². The maximum atomic E-state index is 13.0. The monoisotopic (exact) mass is 477 g/mol. The summed E-state index contributed by atoms with van der Waals surface area (Å²) in [6, 6.07) is 14.5. The minimum absolute atomic E-state index is 0.0658. The van der Waals surface area contributed by atoms with Gasteiger partial charge in [-0.1, -0.05) is 61.2 Å². The molecule has 0 radical (unpaired) electrons. The van der Waals surface area contributed by atoms with E-state index in [-0.39, 0.29) is 22.3 Å². The molecule has 2 aromatic carbocycles. The topological polar surface area (TPSA) is 70.4 Å². The molecule has 0 bridgehead atoms. The van der Waals surface area contributed by atoms with Crippen LogP contribution >= 0.6 is 23.2 Å². The predicted octanol–water partition coefficient (Wildman–Crippen LogP) is 6.99. The van der Waals surface area contributed by atoms with Gasteiger partial charge in [-0.2, -0.15) is 0 Å². The molecule has 2 N–H and O–H groups in total. The van der Waals surface area contributed by atoms with Crippen LogP contribution in [0.5, 0.6) is 0 Å². The van der Waals surface area contributed by atoms with Crippen LogP contribution in [0.25, 0.3) is 0 Å². The lowest BCUT2D eigenvalue weighted by atomic mass is 9.86. The summed E-state index contributed by atoms with van der Waals surface area (Å²) in [6.07, 6.45) is 6.75. The number of unbranched alkanes of at least 4 members (excludes halogenated alkanes) is 1. The number of aliphatic hydroxyl groups is 1. The summed E-state index contributed by atoms with van der Waals surface area (Å²) in [4.78, 5) is 14.5. The largest absolute Gasteiger partial charge is 0.478 e. The molecule has 4 nitrogen and oxygen atoms in total. The molecule has 2 atom stereocenters. The van der Waals surface area contributed by atoms with Crippen molar-refractivity contribution in [2.45, 2.75) is 38.7 Å². The Morgan fingerprint density at radius 3 is 2.41 bits per heavy atom. The van der Waals surface area contributed by atoms with Crippen LogP contribution in [0.15, 0.2) is 67.0 Å². The molecule has 2 unspecified atom stereocenters. The van der Waals surface area contributed by atoms with E-state index >= 15 is 0 Å². The second-order valence-electron chi connectivity index (χ2n) is 7.39. The molecule has 170 valence electrons. The van der Waals surface area contributed by atoms with E-state index in [4.69, 9.17) is 28.3 Å². The first-order chi connectivity index (χ1) is 15.3. The molecule has 0 aliphatic heterocycles. The van der Waals surface area contributed by atoms with Crippen LogP contribution in [0.2, 0.25) is 10.0 Å². The average Bonchev–Trinajstić information content (AvgIpc) is 2.78. The Morgan fingerprint density at radius 2 is 1.84 bits per heavy atom. The van der Waals surface area contributed by atoms with E-state index in [2.05, 4.69) is 11.9 Å². The van der Waals surface area contributed by atoms with Crippen LogP contribution in [0.3, 0.4) is 0 Å². The second-order valence-corrected chi connectivity index (χ2v) is 8.24. The van der Waals surface area contributed by atoms with Gasteiger partial charge in [0.1, 0.15) is 5.82 Å². The van der Waals surface area contributed by atoms with E-state index in [0.29, 0.717) is 5.02 Å². The molecule has 0 spiro atoms. The molecule has 1 aromatic heterocycles. The summed E-state index contributed by atoms with van der Waals surface area (Å²) in [7, 11) is 0. The molecular formula is C25H26Cl2FNO3. The lowest BCUT2D eigenvalue weighted by molar-refractivity contribution is 0.0697. The van der Waals surface area contributed by atoms with Gasteiger partial charge >= 0.3 is 5.97 Å². The Labute approximate surface area is 197 Å². The number of pyridine rings is 1. The Hall–Kier alpha value is -2.47. The normalized spacial score (nSPS) is 12.4. The van der Waals surface area contributed by atoms with Crippen LogP contribution in [0.1, 0.15) is 53.8 Å². The van der Waals surface area contributed by atoms with Gasteiger partial charge in [-0.3, -0.25) is 4.98 Å². The fourth-order valence-corrected chi connectivity index (χ4v) is 3.74. The van der Waals surface area contributed by atoms with E-state index in [1.54, 1.807) is 24.5 Å². The van der Waals surface area contributed by atoms with Crippen LogP contribution in [-0.2, 0) is 6.42 Å². The van der Waals surface area contributed by atoms with Gasteiger partial charge in [-0.25, -0.2) is 9.18 Å². The van der Waals surface area contributed by atoms with Gasteiger partial charge in [0, 0.05) is 17.4 Å². The maximum Gasteiger partial charge on any atom is 0.337 e. The van der Waals surface area contributed by atoms with Gasteiger partial charge in [-0.05, 0) is 66.3 Å². The number of carboxylic acid groups (broad SMARTS) is 1. The Bertz CT molecular complexity index is 984. The highest BCUT2D eigenvalue weighted by Crippen LogP contribution is 2.29. The van der Waals surface area contributed by atoms with Crippen molar-refractivity contribution < 1.29 is 19.4 Å². The smallest absolute Gasteiger partial charge is 0.337 e. The number of carboxylic acids is 1. The average molecular weight is 478 g/mol. The molecular weight excluding hydrogens is 452 g/mol. The zero-order valence-electron chi connectivity index (χ0n) is 17.7. The third-order valence-corrected chi connectivity index (χ3v) is 5.52. The van der Waals surface area contributed by atoms with Gasteiger partial charge in [-0.15, -0.1) is 0 Å². The molecule has 0 saturated carbocycles. The maximum absolute atomic E-state index is 13.0. The number of aromatic nitrogens is 1. The van der Waals surface area contributed by atoms with Gasteiger partial charge in [0.05, 0.1) is 16.7 Å². The number of aliphatic hydroxyl groups excluding tert-OH is 1. The zero-order valence-corrected chi connectivity index (χ0v) is 19.2. The Kier molecular flexibility index (Phi) is 10.6. The van der Waals surface area contributed by atoms with Gasteiger partial charge in [0.2, 0.25) is 0 Å². The van der Waals surface area contributed by atoms with Gasteiger partial charge < -0.3 is 10.2 Å². The number of aromatic carboxylic acids is 1. The van der Waals surface area contributed by atoms with Crippen LogP contribution in [0.4, 0.5) is 4.39 Å². The first-order valence-electron chi connectivity index (χ1n) is 10.3. The number of nitrogens with zero attached hydrogens (tertiary/aromatic N) is 1. The molecule has 0 fully saturated rings. The number of benzene rings is 2. The lowest BCUT2D eigenvalue weighted by Gasteiger charge is -2.23. The summed E-state index contributed by atoms with van der Waals surface area (Å²) < 4.78 is 13.0.